The molecule has 206 valence electrons. The van der Waals surface area contributed by atoms with Crippen molar-refractivity contribution in [2.24, 2.45) is 0 Å². The third-order valence-corrected chi connectivity index (χ3v) is 7.07. The second-order valence-corrected chi connectivity index (χ2v) is 10.6. The van der Waals surface area contributed by atoms with Gasteiger partial charge in [0.1, 0.15) is 17.1 Å². The lowest BCUT2D eigenvalue weighted by Crippen LogP contribution is -2.38. The lowest BCUT2D eigenvalue weighted by molar-refractivity contribution is -0.141. The number of fused-ring (bicyclic) bond motifs is 1. The van der Waals surface area contributed by atoms with Gasteiger partial charge in [0.25, 0.3) is 10.0 Å². The van der Waals surface area contributed by atoms with Crippen LogP contribution in [0.5, 0.6) is 0 Å². The molecule has 1 atom stereocenters. The Balaban J connectivity index is 1.47. The minimum atomic E-state index is -4.58. The van der Waals surface area contributed by atoms with Crippen molar-refractivity contribution >= 4 is 32.7 Å². The van der Waals surface area contributed by atoms with Crippen molar-refractivity contribution in [3.8, 4) is 11.3 Å². The molecule has 0 unspecified atom stereocenters. The molecule has 0 aliphatic carbocycles. The van der Waals surface area contributed by atoms with Crippen LogP contribution in [0.1, 0.15) is 24.7 Å². The van der Waals surface area contributed by atoms with Gasteiger partial charge in [-0.25, -0.2) is 22.8 Å². The summed E-state index contributed by atoms with van der Waals surface area (Å²) in [5.41, 5.74) is 0.201. The van der Waals surface area contributed by atoms with E-state index in [0.29, 0.717) is 17.0 Å². The summed E-state index contributed by atoms with van der Waals surface area (Å²) < 4.78 is 85.1. The number of carbonyl (C=O) groups excluding carboxylic acids is 1. The second kappa shape index (κ2) is 10.7. The highest BCUT2D eigenvalue weighted by molar-refractivity contribution is 7.89. The molecule has 3 aromatic heterocycles. The van der Waals surface area contributed by atoms with Gasteiger partial charge in [0.15, 0.2) is 5.78 Å². The van der Waals surface area contributed by atoms with E-state index in [-0.39, 0.29) is 29.8 Å². The molecule has 0 amide bonds. The summed E-state index contributed by atoms with van der Waals surface area (Å²) in [4.78, 5) is 26.6. The monoisotopic (exact) mass is 565 g/mol. The third kappa shape index (κ3) is 6.57. The average Bonchev–Trinajstić information content (AvgIpc) is 3.30. The number of furan rings is 1. The topological polar surface area (TPSA) is 118 Å². The number of aromatic nitrogens is 3. The van der Waals surface area contributed by atoms with Crippen molar-refractivity contribution in [1.82, 2.24) is 19.7 Å². The number of ketones is 1. The van der Waals surface area contributed by atoms with Gasteiger partial charge in [-0.2, -0.15) is 17.9 Å². The normalized spacial score (nSPS) is 13.0. The maximum Gasteiger partial charge on any atom is 0.433 e. The van der Waals surface area contributed by atoms with Crippen LogP contribution in [0.25, 0.3) is 22.2 Å². The Morgan fingerprint density at radius 3 is 2.49 bits per heavy atom. The highest BCUT2D eigenvalue weighted by atomic mass is 32.2. The molecule has 9 nitrogen and oxygen atoms in total. The Morgan fingerprint density at radius 1 is 1.10 bits per heavy atom. The number of carbonyl (C=O) groups is 1. The molecule has 14 heteroatoms. The van der Waals surface area contributed by atoms with Gasteiger partial charge in [0.2, 0.25) is 11.0 Å². The third-order valence-electron chi connectivity index (χ3n) is 5.68. The molecule has 4 aromatic rings. The van der Waals surface area contributed by atoms with Gasteiger partial charge in [0.05, 0.1) is 11.7 Å². The molecule has 0 bridgehead atoms. The molecule has 1 N–H and O–H groups in total. The fourth-order valence-corrected chi connectivity index (χ4v) is 4.81. The maximum absolute atomic E-state index is 13.4. The number of nitrogens with one attached hydrogen (secondary N) is 1. The summed E-state index contributed by atoms with van der Waals surface area (Å²) in [5, 5.41) is -0.196. The number of rotatable bonds is 9. The number of hydrogen-bond acceptors (Lipinski definition) is 8. The minimum absolute atomic E-state index is 0.0936. The molecular formula is C25H23F4N5O4S. The van der Waals surface area contributed by atoms with Crippen molar-refractivity contribution in [2.75, 3.05) is 19.0 Å². The summed E-state index contributed by atoms with van der Waals surface area (Å²) >= 11 is 0. The van der Waals surface area contributed by atoms with Crippen LogP contribution >= 0.6 is 0 Å². The van der Waals surface area contributed by atoms with E-state index in [0.717, 1.165) is 24.4 Å². The summed E-state index contributed by atoms with van der Waals surface area (Å²) in [6, 6.07) is 7.25. The highest BCUT2D eigenvalue weighted by Crippen LogP contribution is 2.29. The molecule has 39 heavy (non-hydrogen) atoms. The summed E-state index contributed by atoms with van der Waals surface area (Å²) in [5.74, 6) is -0.725. The van der Waals surface area contributed by atoms with Crippen LogP contribution in [0.2, 0.25) is 0 Å². The first-order chi connectivity index (χ1) is 18.2. The van der Waals surface area contributed by atoms with Gasteiger partial charge in [0, 0.05) is 49.4 Å². The number of pyridine rings is 1. The van der Waals surface area contributed by atoms with Gasteiger partial charge in [-0.1, -0.05) is 0 Å². The first-order valence-corrected chi connectivity index (χ1v) is 13.0. The van der Waals surface area contributed by atoms with Crippen molar-refractivity contribution in [3.63, 3.8) is 0 Å². The van der Waals surface area contributed by atoms with Crippen molar-refractivity contribution in [3.05, 3.63) is 65.9 Å². The van der Waals surface area contributed by atoms with Crippen LogP contribution in [0.15, 0.2) is 58.2 Å². The van der Waals surface area contributed by atoms with Crippen molar-refractivity contribution < 1.29 is 35.2 Å². The van der Waals surface area contributed by atoms with Gasteiger partial charge in [-0.15, -0.1) is 0 Å². The van der Waals surface area contributed by atoms with Crippen LogP contribution in [0.4, 0.5) is 23.5 Å². The van der Waals surface area contributed by atoms with Crippen LogP contribution in [-0.2, 0) is 27.4 Å². The Hall–Kier alpha value is -3.91. The summed E-state index contributed by atoms with van der Waals surface area (Å²) in [6.45, 7) is 1.38. The minimum Gasteiger partial charge on any atom is -0.443 e. The average molecular weight is 566 g/mol. The number of aryl methyl sites for hydroxylation is 1. The van der Waals surface area contributed by atoms with E-state index in [4.69, 9.17) is 4.42 Å². The number of sulfonamides is 1. The Kier molecular flexibility index (Phi) is 7.70. The van der Waals surface area contributed by atoms with Crippen molar-refractivity contribution in [1.29, 1.82) is 0 Å². The number of halogens is 4. The molecule has 0 aliphatic rings. The first kappa shape index (κ1) is 28.1. The number of anilines is 1. The number of nitrogens with zero attached hydrogens (tertiary/aromatic N) is 4. The lowest BCUT2D eigenvalue weighted by atomic mass is 10.1. The van der Waals surface area contributed by atoms with E-state index in [1.54, 1.807) is 19.0 Å². The predicted octanol–water partition coefficient (Wildman–Crippen LogP) is 4.38. The largest absolute Gasteiger partial charge is 0.443 e. The number of hydrogen-bond donors (Lipinski definition) is 1. The molecule has 0 saturated carbocycles. The Labute approximate surface area is 220 Å². The zero-order valence-corrected chi connectivity index (χ0v) is 21.8. The lowest BCUT2D eigenvalue weighted by Gasteiger charge is -2.15. The SMILES string of the molecule is C[C@H](NS(=O)(=O)c1cc2cc(F)ccc2o1)C(=O)CCc1cc(-c2ccc(C(F)(F)F)nc2)nc(N(C)C)n1. The molecule has 3 heterocycles. The quantitative estimate of drug-likeness (QED) is 0.297. The van der Waals surface area contributed by atoms with E-state index >= 15 is 0 Å². The van der Waals surface area contributed by atoms with Crippen LogP contribution in [0.3, 0.4) is 0 Å². The van der Waals surface area contributed by atoms with Crippen molar-refractivity contribution in [2.45, 2.75) is 37.1 Å². The van der Waals surface area contributed by atoms with E-state index in [9.17, 15) is 30.8 Å². The van der Waals surface area contributed by atoms with Crippen LogP contribution in [0, 0.1) is 5.82 Å². The van der Waals surface area contributed by atoms with Crippen LogP contribution < -0.4 is 9.62 Å². The molecule has 0 spiro atoms. The zero-order chi connectivity index (χ0) is 28.5. The standard InChI is InChI=1S/C25H23F4N5O4S/c1-14(33-39(36,37)23-11-16-10-17(26)5-8-21(16)38-23)20(35)7-6-18-12-19(32-24(31-18)34(2)3)15-4-9-22(30-13-15)25(27,28)29/h4-5,8-14,33H,6-7H2,1-3H3/t14-/m0/s1. The molecule has 0 aliphatic heterocycles. The Morgan fingerprint density at radius 2 is 1.85 bits per heavy atom. The fourth-order valence-electron chi connectivity index (χ4n) is 3.62. The van der Waals surface area contributed by atoms with E-state index in [1.807, 2.05) is 0 Å². The first-order valence-electron chi connectivity index (χ1n) is 11.6. The molecule has 4 rings (SSSR count). The molecule has 0 radical (unpaired) electrons. The Bertz CT molecular complexity index is 1620. The predicted molar refractivity (Wildman–Crippen MR) is 134 cm³/mol. The highest BCUT2D eigenvalue weighted by Gasteiger charge is 2.32. The number of Topliss-reactive ketones (excluding diaryl/α,β-unsaturated/α-hetero) is 1. The number of alkyl halides is 3. The molecular weight excluding hydrogens is 542 g/mol. The zero-order valence-electron chi connectivity index (χ0n) is 21.0. The smallest absolute Gasteiger partial charge is 0.433 e. The fraction of sp³-hybridized carbons (Fsp3) is 0.280. The summed E-state index contributed by atoms with van der Waals surface area (Å²) in [7, 11) is -0.850. The van der Waals surface area contributed by atoms with Gasteiger partial charge >= 0.3 is 6.18 Å². The molecule has 1 aromatic carbocycles. The van der Waals surface area contributed by atoms with Gasteiger partial charge in [-0.05, 0) is 49.7 Å². The second-order valence-electron chi connectivity index (χ2n) is 8.93. The number of benzene rings is 1. The van der Waals surface area contributed by atoms with Gasteiger partial charge < -0.3 is 9.32 Å². The molecule has 0 fully saturated rings. The van der Waals surface area contributed by atoms with E-state index in [2.05, 4.69) is 19.7 Å². The maximum atomic E-state index is 13.4. The van der Waals surface area contributed by atoms with Crippen LogP contribution in [-0.4, -0.2) is 49.3 Å². The van der Waals surface area contributed by atoms with E-state index < -0.39 is 44.6 Å². The molecule has 0 saturated heterocycles. The van der Waals surface area contributed by atoms with Gasteiger partial charge in [-0.3, -0.25) is 9.78 Å². The van der Waals surface area contributed by atoms with E-state index in [1.165, 1.54) is 31.2 Å². The summed E-state index contributed by atoms with van der Waals surface area (Å²) in [6.07, 6.45) is -3.50.